The molecule has 80 valence electrons. The van der Waals surface area contributed by atoms with E-state index in [1.54, 1.807) is 7.05 Å². The van der Waals surface area contributed by atoms with Gasteiger partial charge in [0, 0.05) is 7.05 Å². The predicted molar refractivity (Wildman–Crippen MR) is 64.7 cm³/mol. The zero-order valence-electron chi connectivity index (χ0n) is 8.83. The molecular weight excluding hydrogens is 208 g/mol. The summed E-state index contributed by atoms with van der Waals surface area (Å²) >= 11 is 4.83. The molecule has 0 aliphatic carbocycles. The largest absolute Gasteiger partial charge is 0.365 e. The first-order valence-corrected chi connectivity index (χ1v) is 5.09. The normalized spacial score (nSPS) is 9.47. The summed E-state index contributed by atoms with van der Waals surface area (Å²) in [4.78, 5) is 11.4. The van der Waals surface area contributed by atoms with Crippen molar-refractivity contribution in [3.8, 4) is 0 Å². The van der Waals surface area contributed by atoms with Crippen molar-refractivity contribution in [2.45, 2.75) is 13.3 Å². The van der Waals surface area contributed by atoms with E-state index in [1.807, 2.05) is 31.2 Å². The Morgan fingerprint density at radius 3 is 2.47 bits per heavy atom. The van der Waals surface area contributed by atoms with Crippen LogP contribution in [0.3, 0.4) is 0 Å². The van der Waals surface area contributed by atoms with E-state index >= 15 is 0 Å². The van der Waals surface area contributed by atoms with Crippen molar-refractivity contribution in [1.82, 2.24) is 10.6 Å². The molecule has 1 aromatic rings. The number of carbonyl (C=O) groups excluding carboxylic acids is 1. The molecule has 1 rings (SSSR count). The van der Waals surface area contributed by atoms with Gasteiger partial charge >= 0.3 is 0 Å². The maximum Gasteiger partial charge on any atom is 0.230 e. The molecule has 0 aliphatic rings. The Hall–Kier alpha value is -1.42. The summed E-state index contributed by atoms with van der Waals surface area (Å²) in [6, 6.07) is 7.85. The average molecular weight is 222 g/mol. The van der Waals surface area contributed by atoms with Crippen LogP contribution < -0.4 is 10.6 Å². The molecular formula is C11H14N2OS. The van der Waals surface area contributed by atoms with Crippen LogP contribution in [0.15, 0.2) is 24.3 Å². The third-order valence-electron chi connectivity index (χ3n) is 1.97. The highest BCUT2D eigenvalue weighted by Crippen LogP contribution is 2.03. The maximum absolute atomic E-state index is 11.4. The van der Waals surface area contributed by atoms with Gasteiger partial charge in [-0.05, 0) is 24.7 Å². The highest BCUT2D eigenvalue weighted by Gasteiger charge is 2.04. The van der Waals surface area contributed by atoms with Crippen molar-refractivity contribution >= 4 is 23.2 Å². The first-order chi connectivity index (χ1) is 7.11. The Bertz CT molecular complexity index is 359. The molecule has 0 fully saturated rings. The average Bonchev–Trinajstić information content (AvgIpc) is 2.21. The number of hydrogen-bond acceptors (Lipinski definition) is 2. The number of thiocarbonyl (C=S) groups is 1. The van der Waals surface area contributed by atoms with Crippen LogP contribution in [0.4, 0.5) is 0 Å². The number of benzene rings is 1. The van der Waals surface area contributed by atoms with Crippen molar-refractivity contribution in [3.05, 3.63) is 35.4 Å². The van der Waals surface area contributed by atoms with Crippen molar-refractivity contribution in [2.24, 2.45) is 0 Å². The Balaban J connectivity index is 2.51. The van der Waals surface area contributed by atoms with Gasteiger partial charge < -0.3 is 10.6 Å². The van der Waals surface area contributed by atoms with E-state index in [4.69, 9.17) is 12.2 Å². The van der Waals surface area contributed by atoms with Crippen molar-refractivity contribution in [1.29, 1.82) is 0 Å². The summed E-state index contributed by atoms with van der Waals surface area (Å²) in [5.74, 6) is -0.0989. The molecule has 0 spiro atoms. The molecule has 0 heterocycles. The lowest BCUT2D eigenvalue weighted by atomic mass is 10.1. The smallest absolute Gasteiger partial charge is 0.230 e. The van der Waals surface area contributed by atoms with Crippen LogP contribution in [0.2, 0.25) is 0 Å². The van der Waals surface area contributed by atoms with Gasteiger partial charge in [-0.2, -0.15) is 0 Å². The summed E-state index contributed by atoms with van der Waals surface area (Å²) in [5.41, 5.74) is 2.17. The highest BCUT2D eigenvalue weighted by atomic mass is 32.1. The van der Waals surface area contributed by atoms with E-state index in [9.17, 15) is 4.79 Å². The Labute approximate surface area is 94.9 Å². The maximum atomic E-state index is 11.4. The van der Waals surface area contributed by atoms with Gasteiger partial charge in [0.1, 0.15) is 0 Å². The molecule has 0 unspecified atom stereocenters. The van der Waals surface area contributed by atoms with E-state index in [0.29, 0.717) is 11.5 Å². The summed E-state index contributed by atoms with van der Waals surface area (Å²) in [6.07, 6.45) is 0.349. The van der Waals surface area contributed by atoms with Crippen LogP contribution in [0.5, 0.6) is 0 Å². The van der Waals surface area contributed by atoms with Crippen molar-refractivity contribution < 1.29 is 4.79 Å². The molecule has 0 aromatic heterocycles. The summed E-state index contributed by atoms with van der Waals surface area (Å²) in [7, 11) is 1.68. The van der Waals surface area contributed by atoms with Crippen LogP contribution >= 0.6 is 12.2 Å². The van der Waals surface area contributed by atoms with Gasteiger partial charge in [-0.15, -0.1) is 0 Å². The highest BCUT2D eigenvalue weighted by molar-refractivity contribution is 7.80. The summed E-state index contributed by atoms with van der Waals surface area (Å²) in [6.45, 7) is 2.01. The molecule has 15 heavy (non-hydrogen) atoms. The second-order valence-electron chi connectivity index (χ2n) is 3.29. The summed E-state index contributed by atoms with van der Waals surface area (Å²) in [5, 5.41) is 5.62. The lowest BCUT2D eigenvalue weighted by Crippen LogP contribution is -2.37. The molecule has 0 atom stereocenters. The molecule has 1 aromatic carbocycles. The number of rotatable bonds is 2. The fraction of sp³-hybridized carbons (Fsp3) is 0.273. The molecule has 0 saturated heterocycles. The molecule has 0 aliphatic heterocycles. The third kappa shape index (κ3) is 4.08. The molecule has 0 radical (unpaired) electrons. The van der Waals surface area contributed by atoms with Crippen LogP contribution in [0.1, 0.15) is 11.1 Å². The predicted octanol–water partition coefficient (Wildman–Crippen LogP) is 1.16. The van der Waals surface area contributed by atoms with Crippen LogP contribution in [0.25, 0.3) is 0 Å². The third-order valence-corrected chi connectivity index (χ3v) is 2.27. The van der Waals surface area contributed by atoms with Gasteiger partial charge in [-0.1, -0.05) is 29.8 Å². The molecule has 0 bridgehead atoms. The van der Waals surface area contributed by atoms with Crippen LogP contribution in [0, 0.1) is 6.92 Å². The second-order valence-corrected chi connectivity index (χ2v) is 3.70. The minimum atomic E-state index is -0.0989. The fourth-order valence-corrected chi connectivity index (χ4v) is 1.24. The SMILES string of the molecule is CNC(=S)NC(=O)Cc1ccc(C)cc1. The Morgan fingerprint density at radius 1 is 1.33 bits per heavy atom. The van der Waals surface area contributed by atoms with Crippen molar-refractivity contribution in [3.63, 3.8) is 0 Å². The Kier molecular flexibility index (Phi) is 4.24. The van der Waals surface area contributed by atoms with Gasteiger partial charge in [0.25, 0.3) is 0 Å². The quantitative estimate of drug-likeness (QED) is 0.738. The number of nitrogens with one attached hydrogen (secondary N) is 2. The zero-order chi connectivity index (χ0) is 11.3. The lowest BCUT2D eigenvalue weighted by molar-refractivity contribution is -0.119. The standard InChI is InChI=1S/C11H14N2OS/c1-8-3-5-9(6-4-8)7-10(14)13-11(15)12-2/h3-6H,7H2,1-2H3,(H2,12,13,14,15). The second kappa shape index (κ2) is 5.46. The van der Waals surface area contributed by atoms with Gasteiger partial charge in [0.2, 0.25) is 5.91 Å². The first kappa shape index (κ1) is 11.7. The molecule has 1 amide bonds. The van der Waals surface area contributed by atoms with E-state index in [-0.39, 0.29) is 5.91 Å². The number of carbonyl (C=O) groups is 1. The van der Waals surface area contributed by atoms with E-state index in [1.165, 1.54) is 5.56 Å². The first-order valence-electron chi connectivity index (χ1n) is 4.69. The van der Waals surface area contributed by atoms with Gasteiger partial charge in [-0.25, -0.2) is 0 Å². The number of amides is 1. The van der Waals surface area contributed by atoms with Crippen molar-refractivity contribution in [2.75, 3.05) is 7.05 Å². The van der Waals surface area contributed by atoms with Crippen LogP contribution in [-0.4, -0.2) is 18.1 Å². The van der Waals surface area contributed by atoms with Gasteiger partial charge in [0.05, 0.1) is 6.42 Å². The Morgan fingerprint density at radius 2 is 1.93 bits per heavy atom. The monoisotopic (exact) mass is 222 g/mol. The lowest BCUT2D eigenvalue weighted by Gasteiger charge is -2.05. The van der Waals surface area contributed by atoms with E-state index in [0.717, 1.165) is 5.56 Å². The van der Waals surface area contributed by atoms with E-state index < -0.39 is 0 Å². The summed E-state index contributed by atoms with van der Waals surface area (Å²) < 4.78 is 0. The van der Waals surface area contributed by atoms with Gasteiger partial charge in [-0.3, -0.25) is 4.79 Å². The molecule has 2 N–H and O–H groups in total. The number of hydrogen-bond donors (Lipinski definition) is 2. The molecule has 0 saturated carbocycles. The van der Waals surface area contributed by atoms with E-state index in [2.05, 4.69) is 10.6 Å². The molecule has 4 heteroatoms. The van der Waals surface area contributed by atoms with Gasteiger partial charge in [0.15, 0.2) is 5.11 Å². The minimum absolute atomic E-state index is 0.0989. The minimum Gasteiger partial charge on any atom is -0.365 e. The topological polar surface area (TPSA) is 41.1 Å². The number of aryl methyl sites for hydroxylation is 1. The molecule has 3 nitrogen and oxygen atoms in total. The zero-order valence-corrected chi connectivity index (χ0v) is 9.65. The van der Waals surface area contributed by atoms with Crippen LogP contribution in [-0.2, 0) is 11.2 Å². The fourth-order valence-electron chi connectivity index (χ4n) is 1.12.